The number of nitro benzene ring substituents is 1. The molecular weight excluding hydrogens is 875 g/mol. The molecule has 65 heavy (non-hydrogen) atoms. The van der Waals surface area contributed by atoms with Gasteiger partial charge in [-0.3, -0.25) is 19.8 Å². The van der Waals surface area contributed by atoms with Gasteiger partial charge < -0.3 is 29.6 Å². The van der Waals surface area contributed by atoms with Crippen LogP contribution in [0.1, 0.15) is 61.9 Å². The summed E-state index contributed by atoms with van der Waals surface area (Å²) in [5.41, 5.74) is 4.67. The first-order valence-corrected chi connectivity index (χ1v) is 23.8. The Balaban J connectivity index is 0.976. The Labute approximate surface area is 382 Å². The van der Waals surface area contributed by atoms with Gasteiger partial charge in [-0.2, -0.15) is 4.98 Å². The SMILES string of the molecule is CC1(C)CCC(CN2CCN(c3ccc(C(=O)NS(=O)(=O)c4ccc(NCC5(F)CCOCC5)c([N+](=O)[O-])c4)c(N4CCOc5nc6[nH]ccc6cc54)c3)CC2)=C(c2ccc(Cl)cc2)C1. The average molecular weight is 927 g/mol. The van der Waals surface area contributed by atoms with E-state index in [4.69, 9.17) is 21.1 Å². The van der Waals surface area contributed by atoms with Crippen molar-refractivity contribution in [2.24, 2.45) is 5.41 Å². The molecule has 0 bridgehead atoms. The van der Waals surface area contributed by atoms with Gasteiger partial charge in [-0.25, -0.2) is 17.5 Å². The van der Waals surface area contributed by atoms with Crippen molar-refractivity contribution in [3.05, 3.63) is 111 Å². The molecule has 4 aliphatic rings. The molecule has 15 nitrogen and oxygen atoms in total. The molecule has 0 atom stereocenters. The van der Waals surface area contributed by atoms with Crippen molar-refractivity contribution in [3.63, 3.8) is 0 Å². The number of amides is 1. The summed E-state index contributed by atoms with van der Waals surface area (Å²) < 4.78 is 56.5. The average Bonchev–Trinajstić information content (AvgIpc) is 3.76. The number of carbonyl (C=O) groups is 1. The molecule has 5 aromatic rings. The number of fused-ring (bicyclic) bond motifs is 2. The van der Waals surface area contributed by atoms with Crippen LogP contribution in [0.3, 0.4) is 0 Å². The first-order chi connectivity index (χ1) is 31.1. The molecule has 9 rings (SSSR count). The van der Waals surface area contributed by atoms with Gasteiger partial charge in [0.05, 0.1) is 27.6 Å². The number of carbonyl (C=O) groups excluding carboxylic acids is 1. The van der Waals surface area contributed by atoms with Crippen molar-refractivity contribution in [1.29, 1.82) is 0 Å². The van der Waals surface area contributed by atoms with E-state index in [1.165, 1.54) is 22.8 Å². The number of hydrogen-bond acceptors (Lipinski definition) is 12. The van der Waals surface area contributed by atoms with Crippen molar-refractivity contribution in [2.75, 3.05) is 80.8 Å². The second-order valence-electron chi connectivity index (χ2n) is 18.1. The van der Waals surface area contributed by atoms with Crippen LogP contribution in [0.15, 0.2) is 89.5 Å². The van der Waals surface area contributed by atoms with Gasteiger partial charge in [0.1, 0.15) is 29.3 Å². The minimum Gasteiger partial charge on any atom is -0.474 e. The molecule has 0 radical (unpaired) electrons. The zero-order valence-corrected chi connectivity index (χ0v) is 37.9. The Bertz CT molecular complexity index is 2770. The maximum atomic E-state index is 15.3. The number of alkyl halides is 1. The minimum absolute atomic E-state index is 0.0450. The molecule has 1 aliphatic carbocycles. The number of benzene rings is 3. The second kappa shape index (κ2) is 17.9. The lowest BCUT2D eigenvalue weighted by atomic mass is 9.72. The molecule has 3 aliphatic heterocycles. The number of nitro groups is 1. The summed E-state index contributed by atoms with van der Waals surface area (Å²) in [5.74, 6) is -0.566. The summed E-state index contributed by atoms with van der Waals surface area (Å²) >= 11 is 6.26. The van der Waals surface area contributed by atoms with Crippen LogP contribution in [0, 0.1) is 15.5 Å². The Morgan fingerprint density at radius 3 is 2.48 bits per heavy atom. The van der Waals surface area contributed by atoms with Crippen LogP contribution in [0.4, 0.5) is 32.8 Å². The molecule has 1 amide bonds. The van der Waals surface area contributed by atoms with E-state index in [0.29, 0.717) is 29.4 Å². The highest BCUT2D eigenvalue weighted by Gasteiger charge is 2.35. The van der Waals surface area contributed by atoms with Crippen molar-refractivity contribution >= 4 is 72.6 Å². The summed E-state index contributed by atoms with van der Waals surface area (Å²) in [6.07, 6.45) is 5.20. The molecule has 5 heterocycles. The number of ether oxygens (including phenoxy) is 2. The first-order valence-electron chi connectivity index (χ1n) is 22.0. The van der Waals surface area contributed by atoms with E-state index in [1.807, 2.05) is 41.3 Å². The quantitative estimate of drug-likeness (QED) is 0.0805. The maximum absolute atomic E-state index is 15.3. The van der Waals surface area contributed by atoms with Gasteiger partial charge >= 0.3 is 0 Å². The van der Waals surface area contributed by atoms with Crippen molar-refractivity contribution in [2.45, 2.75) is 56.5 Å². The predicted molar refractivity (Wildman–Crippen MR) is 250 cm³/mol. The molecule has 2 saturated heterocycles. The number of rotatable bonds is 12. The van der Waals surface area contributed by atoms with E-state index in [1.54, 1.807) is 12.3 Å². The monoisotopic (exact) mass is 926 g/mol. The molecule has 18 heteroatoms. The largest absolute Gasteiger partial charge is 0.474 e. The molecule has 0 unspecified atom stereocenters. The number of allylic oxidation sites excluding steroid dienone is 1. The Morgan fingerprint density at radius 1 is 0.954 bits per heavy atom. The molecule has 342 valence electrons. The number of halogens is 2. The fourth-order valence-corrected chi connectivity index (χ4v) is 10.4. The number of nitrogens with zero attached hydrogens (tertiary/aromatic N) is 5. The lowest BCUT2D eigenvalue weighted by molar-refractivity contribution is -0.384. The van der Waals surface area contributed by atoms with E-state index in [-0.39, 0.29) is 55.9 Å². The van der Waals surface area contributed by atoms with Crippen molar-refractivity contribution < 1.29 is 32.0 Å². The summed E-state index contributed by atoms with van der Waals surface area (Å²) in [5, 5.41) is 16.5. The van der Waals surface area contributed by atoms with Crippen LogP contribution in [0.25, 0.3) is 16.6 Å². The van der Waals surface area contributed by atoms with E-state index in [0.717, 1.165) is 80.2 Å². The lowest BCUT2D eigenvalue weighted by Crippen LogP contribution is -2.47. The summed E-state index contributed by atoms with van der Waals surface area (Å²) in [7, 11) is -4.64. The molecule has 3 N–H and O–H groups in total. The summed E-state index contributed by atoms with van der Waals surface area (Å²) in [6.45, 7) is 9.46. The van der Waals surface area contributed by atoms with E-state index in [9.17, 15) is 23.3 Å². The number of hydrogen-bond donors (Lipinski definition) is 3. The van der Waals surface area contributed by atoms with Crippen LogP contribution < -0.4 is 24.6 Å². The van der Waals surface area contributed by atoms with Crippen molar-refractivity contribution in [3.8, 4) is 5.88 Å². The summed E-state index contributed by atoms with van der Waals surface area (Å²) in [6, 6.07) is 20.5. The third kappa shape index (κ3) is 9.64. The molecule has 2 fully saturated rings. The second-order valence-corrected chi connectivity index (χ2v) is 20.2. The zero-order chi connectivity index (χ0) is 45.5. The van der Waals surface area contributed by atoms with E-state index >= 15 is 4.39 Å². The third-order valence-electron chi connectivity index (χ3n) is 13.1. The molecular formula is C47H52ClFN8O7S. The van der Waals surface area contributed by atoms with Crippen LogP contribution in [0.2, 0.25) is 5.02 Å². The third-order valence-corrected chi connectivity index (χ3v) is 14.6. The molecule has 2 aromatic heterocycles. The Morgan fingerprint density at radius 2 is 1.72 bits per heavy atom. The van der Waals surface area contributed by atoms with Crippen LogP contribution in [-0.4, -0.2) is 105 Å². The number of aromatic nitrogens is 2. The van der Waals surface area contributed by atoms with Gasteiger partial charge in [0.15, 0.2) is 0 Å². The number of H-pyrrole nitrogens is 1. The van der Waals surface area contributed by atoms with Gasteiger partial charge in [-0.1, -0.05) is 43.2 Å². The van der Waals surface area contributed by atoms with E-state index < -0.39 is 37.1 Å². The molecule has 0 saturated carbocycles. The number of anilines is 4. The fraction of sp³-hybridized carbons (Fsp3) is 0.404. The number of piperazine rings is 1. The highest BCUT2D eigenvalue weighted by atomic mass is 35.5. The fourth-order valence-electron chi connectivity index (χ4n) is 9.27. The predicted octanol–water partition coefficient (Wildman–Crippen LogP) is 8.49. The number of nitrogens with one attached hydrogen (secondary N) is 3. The Kier molecular flexibility index (Phi) is 12.2. The normalized spacial score (nSPS) is 18.8. The van der Waals surface area contributed by atoms with Crippen LogP contribution in [0.5, 0.6) is 5.88 Å². The number of sulfonamides is 1. The lowest BCUT2D eigenvalue weighted by Gasteiger charge is -2.39. The topological polar surface area (TPSA) is 175 Å². The van der Waals surface area contributed by atoms with Gasteiger partial charge in [-0.05, 0) is 90.4 Å². The van der Waals surface area contributed by atoms with Gasteiger partial charge in [-0.15, -0.1) is 0 Å². The molecule has 0 spiro atoms. The standard InChI is InChI=1S/C47H52ClFN8O7S/c1-46(2)13-11-33(38(28-46)31-3-5-34(48)6-4-31)29-54-17-19-55(20-18-54)35-7-9-37(40(26-35)56-21-24-64-45-42(56)25-32-12-16-50-43(32)52-45)44(58)53-65(61,62)36-8-10-39(41(27-36)57(59)60)51-30-47(49)14-22-63-23-15-47/h3-10,12,16,25-27,51H,11,13-15,17-24,28-30H2,1-2H3,(H,50,52)(H,53,58). The van der Waals surface area contributed by atoms with Gasteiger partial charge in [0, 0.05) is 93.7 Å². The van der Waals surface area contributed by atoms with E-state index in [2.05, 4.69) is 55.8 Å². The molecule has 3 aromatic carbocycles. The smallest absolute Gasteiger partial charge is 0.293 e. The van der Waals surface area contributed by atoms with Crippen molar-refractivity contribution in [1.82, 2.24) is 19.6 Å². The minimum atomic E-state index is -4.64. The highest BCUT2D eigenvalue weighted by molar-refractivity contribution is 7.90. The number of pyridine rings is 1. The maximum Gasteiger partial charge on any atom is 0.293 e. The summed E-state index contributed by atoms with van der Waals surface area (Å²) in [4.78, 5) is 39.7. The van der Waals surface area contributed by atoms with Crippen LogP contribution in [-0.2, 0) is 14.8 Å². The highest BCUT2D eigenvalue weighted by Crippen LogP contribution is 2.44. The number of aromatic amines is 1. The Hall–Kier alpha value is -5.75. The zero-order valence-electron chi connectivity index (χ0n) is 36.4. The van der Waals surface area contributed by atoms with Crippen LogP contribution >= 0.6 is 11.6 Å². The van der Waals surface area contributed by atoms with Gasteiger partial charge in [0.25, 0.3) is 21.6 Å². The first kappa shape index (κ1) is 44.5. The van der Waals surface area contributed by atoms with Gasteiger partial charge in [0.2, 0.25) is 5.88 Å².